The van der Waals surface area contributed by atoms with Crippen LogP contribution in [0.2, 0.25) is 0 Å². The predicted octanol–water partition coefficient (Wildman–Crippen LogP) is 2.82. The topological polar surface area (TPSA) is 45.7 Å². The zero-order chi connectivity index (χ0) is 15.5. The van der Waals surface area contributed by atoms with Crippen LogP contribution in [0.1, 0.15) is 26.3 Å². The molecule has 0 amide bonds. The lowest BCUT2D eigenvalue weighted by Gasteiger charge is -2.10. The highest BCUT2D eigenvalue weighted by molar-refractivity contribution is 14.0. The zero-order valence-corrected chi connectivity index (χ0v) is 15.9. The van der Waals surface area contributed by atoms with Crippen LogP contribution in [0.15, 0.2) is 29.3 Å². The van der Waals surface area contributed by atoms with Gasteiger partial charge in [0.2, 0.25) is 0 Å². The smallest absolute Gasteiger partial charge is 0.192 e. The number of hydrogen-bond donors (Lipinski definition) is 2. The summed E-state index contributed by atoms with van der Waals surface area (Å²) in [7, 11) is 0. The third kappa shape index (κ3) is 8.78. The average molecular weight is 415 g/mol. The molecule has 1 aromatic rings. The van der Waals surface area contributed by atoms with Gasteiger partial charge in [-0.25, -0.2) is 0 Å². The monoisotopic (exact) mass is 415 g/mol. The summed E-state index contributed by atoms with van der Waals surface area (Å²) in [6, 6.07) is 8.16. The molecule has 0 saturated carbocycles. The lowest BCUT2D eigenvalue weighted by molar-refractivity contribution is 0.242. The maximum Gasteiger partial charge on any atom is 0.192 e. The number of benzene rings is 1. The largest absolute Gasteiger partial charge is 0.491 e. The lowest BCUT2D eigenvalue weighted by Crippen LogP contribution is -2.37. The minimum atomic E-state index is 0. The van der Waals surface area contributed by atoms with Gasteiger partial charge in [-0.05, 0) is 44.9 Å². The van der Waals surface area contributed by atoms with E-state index in [-0.39, 0.29) is 30.1 Å². The van der Waals surface area contributed by atoms with Gasteiger partial charge in [0.15, 0.2) is 5.96 Å². The van der Waals surface area contributed by atoms with Gasteiger partial charge >= 0.3 is 0 Å². The second-order valence-corrected chi connectivity index (χ2v) is 4.88. The normalized spacial score (nSPS) is 10.6. The van der Waals surface area contributed by atoms with E-state index in [1.54, 1.807) is 0 Å². The minimum Gasteiger partial charge on any atom is -0.491 e. The average Bonchev–Trinajstić information content (AvgIpc) is 2.46. The molecule has 2 N–H and O–H groups in total. The summed E-state index contributed by atoms with van der Waals surface area (Å²) >= 11 is 0. The molecular weight excluding hydrogens is 389 g/mol. The summed E-state index contributed by atoms with van der Waals surface area (Å²) in [5.41, 5.74) is 1.24. The van der Waals surface area contributed by atoms with Gasteiger partial charge in [0.05, 0.1) is 12.6 Å². The number of ether oxygens (including phenoxy) is 1. The molecule has 0 aliphatic rings. The van der Waals surface area contributed by atoms with Gasteiger partial charge in [0, 0.05) is 13.1 Å². The van der Waals surface area contributed by atoms with Gasteiger partial charge in [0.25, 0.3) is 0 Å². The Kier molecular flexibility index (Phi) is 11.4. The third-order valence-electron chi connectivity index (χ3n) is 2.67. The highest BCUT2D eigenvalue weighted by Gasteiger charge is 1.99. The van der Waals surface area contributed by atoms with Crippen LogP contribution in [0.4, 0.5) is 0 Å². The Morgan fingerprint density at radius 2 is 1.95 bits per heavy atom. The molecule has 0 saturated heterocycles. The van der Waals surface area contributed by atoms with Gasteiger partial charge in [-0.3, -0.25) is 4.99 Å². The van der Waals surface area contributed by atoms with Crippen molar-refractivity contribution in [3.8, 4) is 18.1 Å². The number of rotatable bonds is 7. The van der Waals surface area contributed by atoms with Crippen molar-refractivity contribution >= 4 is 29.9 Å². The fourth-order valence-electron chi connectivity index (χ4n) is 1.78. The van der Waals surface area contributed by atoms with Crippen LogP contribution in [0.5, 0.6) is 5.75 Å². The number of halogens is 1. The SMILES string of the molecule is C#CCNC(=NCCc1ccc(OC(C)C)cc1)NCC.I. The molecule has 0 heterocycles. The molecule has 0 aromatic heterocycles. The summed E-state index contributed by atoms with van der Waals surface area (Å²) < 4.78 is 5.62. The fraction of sp³-hybridized carbons (Fsp3) is 0.471. The summed E-state index contributed by atoms with van der Waals surface area (Å²) in [6.07, 6.45) is 6.32. The van der Waals surface area contributed by atoms with Crippen molar-refractivity contribution in [2.24, 2.45) is 4.99 Å². The first kappa shape index (κ1) is 20.6. The minimum absolute atomic E-state index is 0. The van der Waals surface area contributed by atoms with Crippen molar-refractivity contribution in [3.63, 3.8) is 0 Å². The molecule has 5 heteroatoms. The van der Waals surface area contributed by atoms with Gasteiger partial charge in [0.1, 0.15) is 5.75 Å². The van der Waals surface area contributed by atoms with Gasteiger partial charge in [-0.15, -0.1) is 30.4 Å². The second-order valence-electron chi connectivity index (χ2n) is 4.88. The summed E-state index contributed by atoms with van der Waals surface area (Å²) in [6.45, 7) is 8.08. The molecule has 0 aliphatic carbocycles. The van der Waals surface area contributed by atoms with Crippen LogP contribution in [0, 0.1) is 12.3 Å². The quantitative estimate of drug-likeness (QED) is 0.312. The molecule has 122 valence electrons. The zero-order valence-electron chi connectivity index (χ0n) is 13.6. The van der Waals surface area contributed by atoms with Crippen LogP contribution >= 0.6 is 24.0 Å². The summed E-state index contributed by atoms with van der Waals surface area (Å²) in [4.78, 5) is 4.48. The van der Waals surface area contributed by atoms with Crippen LogP contribution in [-0.4, -0.2) is 31.7 Å². The molecule has 1 rings (SSSR count). The van der Waals surface area contributed by atoms with Crippen molar-refractivity contribution < 1.29 is 4.74 Å². The van der Waals surface area contributed by atoms with E-state index >= 15 is 0 Å². The van der Waals surface area contributed by atoms with E-state index in [2.05, 4.69) is 33.7 Å². The number of aliphatic imine (C=N–C) groups is 1. The number of guanidine groups is 1. The molecule has 4 nitrogen and oxygen atoms in total. The van der Waals surface area contributed by atoms with Crippen molar-refractivity contribution in [2.75, 3.05) is 19.6 Å². The Bertz CT molecular complexity index is 478. The van der Waals surface area contributed by atoms with E-state index in [4.69, 9.17) is 11.2 Å². The van der Waals surface area contributed by atoms with E-state index in [0.717, 1.165) is 24.7 Å². The van der Waals surface area contributed by atoms with E-state index in [1.165, 1.54) is 5.56 Å². The van der Waals surface area contributed by atoms with Crippen molar-refractivity contribution in [1.82, 2.24) is 10.6 Å². The molecule has 0 radical (unpaired) electrons. The highest BCUT2D eigenvalue weighted by atomic mass is 127. The molecule has 0 aliphatic heterocycles. The Labute approximate surface area is 151 Å². The lowest BCUT2D eigenvalue weighted by atomic mass is 10.1. The molecule has 0 atom stereocenters. The standard InChI is InChI=1S/C17H25N3O.HI/c1-5-12-19-17(18-6-2)20-13-11-15-7-9-16(10-8-15)21-14(3)4;/h1,7-10,14H,6,11-13H2,2-4H3,(H2,18,19,20);1H. The molecule has 0 fully saturated rings. The summed E-state index contributed by atoms with van der Waals surface area (Å²) in [5.74, 6) is 4.20. The second kappa shape index (κ2) is 12.2. The maximum absolute atomic E-state index is 5.62. The first-order valence-corrected chi connectivity index (χ1v) is 7.37. The number of nitrogens with one attached hydrogen (secondary N) is 2. The van der Waals surface area contributed by atoms with E-state index in [0.29, 0.717) is 13.1 Å². The van der Waals surface area contributed by atoms with Crippen molar-refractivity contribution in [3.05, 3.63) is 29.8 Å². The molecule has 0 bridgehead atoms. The van der Waals surface area contributed by atoms with Crippen molar-refractivity contribution in [1.29, 1.82) is 0 Å². The van der Waals surface area contributed by atoms with Crippen LogP contribution in [-0.2, 0) is 6.42 Å². The Balaban J connectivity index is 0.00000441. The molecule has 1 aromatic carbocycles. The molecule has 0 spiro atoms. The highest BCUT2D eigenvalue weighted by Crippen LogP contribution is 2.14. The van der Waals surface area contributed by atoms with Crippen LogP contribution < -0.4 is 15.4 Å². The number of terminal acetylenes is 1. The van der Waals surface area contributed by atoms with Gasteiger partial charge in [-0.2, -0.15) is 0 Å². The van der Waals surface area contributed by atoms with Crippen LogP contribution in [0.25, 0.3) is 0 Å². The van der Waals surface area contributed by atoms with Crippen molar-refractivity contribution in [2.45, 2.75) is 33.3 Å². The third-order valence-corrected chi connectivity index (χ3v) is 2.67. The molecular formula is C17H26IN3O. The van der Waals surface area contributed by atoms with Crippen LogP contribution in [0.3, 0.4) is 0 Å². The van der Waals surface area contributed by atoms with Gasteiger partial charge < -0.3 is 15.4 Å². The molecule has 0 unspecified atom stereocenters. The molecule has 22 heavy (non-hydrogen) atoms. The predicted molar refractivity (Wildman–Crippen MR) is 104 cm³/mol. The van der Waals surface area contributed by atoms with E-state index < -0.39 is 0 Å². The fourth-order valence-corrected chi connectivity index (χ4v) is 1.78. The maximum atomic E-state index is 5.62. The summed E-state index contributed by atoms with van der Waals surface area (Å²) in [5, 5.41) is 6.23. The first-order valence-electron chi connectivity index (χ1n) is 7.37. The number of nitrogens with zero attached hydrogens (tertiary/aromatic N) is 1. The Morgan fingerprint density at radius 1 is 1.27 bits per heavy atom. The Morgan fingerprint density at radius 3 is 2.50 bits per heavy atom. The number of hydrogen-bond acceptors (Lipinski definition) is 2. The Hall–Kier alpha value is -1.42. The van der Waals surface area contributed by atoms with E-state index in [9.17, 15) is 0 Å². The van der Waals surface area contributed by atoms with Gasteiger partial charge in [-0.1, -0.05) is 18.1 Å². The van der Waals surface area contributed by atoms with E-state index in [1.807, 2.05) is 32.9 Å². The first-order chi connectivity index (χ1) is 10.2.